The van der Waals surface area contributed by atoms with E-state index in [9.17, 15) is 9.18 Å². The van der Waals surface area contributed by atoms with Gasteiger partial charge in [0.25, 0.3) is 5.91 Å². The SMILES string of the molecule is COCCN1CCC[C@@]12CCCN(C(=O)c1ccc(Cl)c(F)c1)CC2. The first-order valence-corrected chi connectivity index (χ1v) is 9.42. The number of hydrogen-bond acceptors (Lipinski definition) is 3. The van der Waals surface area contributed by atoms with Crippen LogP contribution >= 0.6 is 11.6 Å². The summed E-state index contributed by atoms with van der Waals surface area (Å²) in [6.07, 6.45) is 5.45. The van der Waals surface area contributed by atoms with E-state index in [-0.39, 0.29) is 16.5 Å². The molecule has 1 spiro atoms. The van der Waals surface area contributed by atoms with Crippen LogP contribution in [-0.4, -0.2) is 61.1 Å². The Labute approximate surface area is 153 Å². The van der Waals surface area contributed by atoms with Gasteiger partial charge < -0.3 is 9.64 Å². The van der Waals surface area contributed by atoms with Gasteiger partial charge >= 0.3 is 0 Å². The second-order valence-electron chi connectivity index (χ2n) is 7.08. The summed E-state index contributed by atoms with van der Waals surface area (Å²) in [6.45, 7) is 4.25. The first-order chi connectivity index (χ1) is 12.1. The Bertz CT molecular complexity index is 627. The van der Waals surface area contributed by atoms with E-state index in [4.69, 9.17) is 16.3 Å². The number of halogens is 2. The zero-order valence-corrected chi connectivity index (χ0v) is 15.5. The lowest BCUT2D eigenvalue weighted by atomic mass is 9.88. The molecule has 6 heteroatoms. The highest BCUT2D eigenvalue weighted by molar-refractivity contribution is 6.30. The summed E-state index contributed by atoms with van der Waals surface area (Å²) in [6, 6.07) is 4.30. The quantitative estimate of drug-likeness (QED) is 0.814. The topological polar surface area (TPSA) is 32.8 Å². The molecule has 0 aromatic heterocycles. The van der Waals surface area contributed by atoms with Gasteiger partial charge in [-0.05, 0) is 56.8 Å². The van der Waals surface area contributed by atoms with E-state index < -0.39 is 5.82 Å². The number of rotatable bonds is 4. The summed E-state index contributed by atoms with van der Waals surface area (Å²) in [7, 11) is 1.74. The third-order valence-electron chi connectivity index (χ3n) is 5.68. The number of benzene rings is 1. The summed E-state index contributed by atoms with van der Waals surface area (Å²) in [5.41, 5.74) is 0.569. The van der Waals surface area contributed by atoms with Crippen LogP contribution in [0.4, 0.5) is 4.39 Å². The predicted octanol–water partition coefficient (Wildman–Crippen LogP) is 3.59. The lowest BCUT2D eigenvalue weighted by molar-refractivity contribution is 0.0697. The van der Waals surface area contributed by atoms with Crippen LogP contribution < -0.4 is 0 Å². The molecular formula is C19H26ClFN2O2. The standard InChI is InChI=1S/C19H26ClFN2O2/c1-25-13-12-23-10-3-7-19(23)6-2-9-22(11-8-19)18(24)15-4-5-16(20)17(21)14-15/h4-5,14H,2-3,6-13H2,1H3/t19-/m1/s1. The normalized spacial score (nSPS) is 24.7. The molecule has 2 aliphatic heterocycles. The number of amides is 1. The van der Waals surface area contributed by atoms with Gasteiger partial charge in [-0.25, -0.2) is 4.39 Å². The van der Waals surface area contributed by atoms with Crippen molar-refractivity contribution < 1.29 is 13.9 Å². The van der Waals surface area contributed by atoms with Crippen LogP contribution in [-0.2, 0) is 4.74 Å². The van der Waals surface area contributed by atoms with Crippen molar-refractivity contribution in [2.75, 3.05) is 39.9 Å². The highest BCUT2D eigenvalue weighted by Gasteiger charge is 2.41. The van der Waals surface area contributed by atoms with Gasteiger partial charge in [0.2, 0.25) is 0 Å². The first-order valence-electron chi connectivity index (χ1n) is 9.04. The van der Waals surface area contributed by atoms with Gasteiger partial charge in [-0.1, -0.05) is 11.6 Å². The van der Waals surface area contributed by atoms with Crippen molar-refractivity contribution in [1.29, 1.82) is 0 Å². The zero-order valence-electron chi connectivity index (χ0n) is 14.8. The number of hydrogen-bond donors (Lipinski definition) is 0. The fourth-order valence-electron chi connectivity index (χ4n) is 4.30. The molecule has 138 valence electrons. The van der Waals surface area contributed by atoms with Crippen LogP contribution in [0, 0.1) is 5.82 Å². The Kier molecular flexibility index (Phi) is 5.97. The van der Waals surface area contributed by atoms with Gasteiger partial charge in [-0.15, -0.1) is 0 Å². The molecule has 1 aromatic rings. The van der Waals surface area contributed by atoms with E-state index in [1.807, 2.05) is 4.90 Å². The third-order valence-corrected chi connectivity index (χ3v) is 5.98. The van der Waals surface area contributed by atoms with Crippen molar-refractivity contribution in [3.63, 3.8) is 0 Å². The van der Waals surface area contributed by atoms with E-state index in [2.05, 4.69) is 4.90 Å². The number of carbonyl (C=O) groups is 1. The van der Waals surface area contributed by atoms with Crippen LogP contribution in [0.3, 0.4) is 0 Å². The Morgan fingerprint density at radius 3 is 2.72 bits per heavy atom. The van der Waals surface area contributed by atoms with E-state index in [0.717, 1.165) is 45.5 Å². The van der Waals surface area contributed by atoms with Crippen LogP contribution in [0.25, 0.3) is 0 Å². The largest absolute Gasteiger partial charge is 0.383 e. The summed E-state index contributed by atoms with van der Waals surface area (Å²) in [4.78, 5) is 17.2. The number of carbonyl (C=O) groups excluding carboxylic acids is 1. The van der Waals surface area contributed by atoms with Crippen molar-refractivity contribution in [2.24, 2.45) is 0 Å². The highest BCUT2D eigenvalue weighted by atomic mass is 35.5. The molecule has 2 saturated heterocycles. The molecule has 0 radical (unpaired) electrons. The predicted molar refractivity (Wildman–Crippen MR) is 96.6 cm³/mol. The zero-order chi connectivity index (χ0) is 17.9. The maximum Gasteiger partial charge on any atom is 0.253 e. The molecule has 4 nitrogen and oxygen atoms in total. The molecular weight excluding hydrogens is 343 g/mol. The van der Waals surface area contributed by atoms with E-state index >= 15 is 0 Å². The summed E-state index contributed by atoms with van der Waals surface area (Å²) in [5.74, 6) is -0.644. The van der Waals surface area contributed by atoms with Gasteiger partial charge in [0.05, 0.1) is 11.6 Å². The molecule has 2 aliphatic rings. The lowest BCUT2D eigenvalue weighted by Gasteiger charge is -2.38. The average molecular weight is 369 g/mol. The smallest absolute Gasteiger partial charge is 0.253 e. The Morgan fingerprint density at radius 1 is 1.24 bits per heavy atom. The molecule has 1 amide bonds. The molecule has 2 fully saturated rings. The van der Waals surface area contributed by atoms with Gasteiger partial charge in [-0.3, -0.25) is 9.69 Å². The number of ether oxygens (including phenoxy) is 1. The monoisotopic (exact) mass is 368 g/mol. The molecule has 0 unspecified atom stereocenters. The van der Waals surface area contributed by atoms with Gasteiger partial charge in [-0.2, -0.15) is 0 Å². The molecule has 0 bridgehead atoms. The van der Waals surface area contributed by atoms with Crippen molar-refractivity contribution in [3.05, 3.63) is 34.6 Å². The first kappa shape index (κ1) is 18.6. The molecule has 1 atom stereocenters. The van der Waals surface area contributed by atoms with Crippen molar-refractivity contribution in [3.8, 4) is 0 Å². The number of methoxy groups -OCH3 is 1. The summed E-state index contributed by atoms with van der Waals surface area (Å²) >= 11 is 5.72. The molecule has 25 heavy (non-hydrogen) atoms. The highest BCUT2D eigenvalue weighted by Crippen LogP contribution is 2.38. The molecule has 0 aliphatic carbocycles. The van der Waals surface area contributed by atoms with Gasteiger partial charge in [0.15, 0.2) is 0 Å². The maximum atomic E-state index is 13.7. The van der Waals surface area contributed by atoms with Crippen LogP contribution in [0.2, 0.25) is 5.02 Å². The maximum absolute atomic E-state index is 13.7. The minimum Gasteiger partial charge on any atom is -0.383 e. The average Bonchev–Trinajstić information content (AvgIpc) is 2.86. The molecule has 3 rings (SSSR count). The van der Waals surface area contributed by atoms with Crippen molar-refractivity contribution >= 4 is 17.5 Å². The fourth-order valence-corrected chi connectivity index (χ4v) is 4.42. The number of nitrogens with zero attached hydrogens (tertiary/aromatic N) is 2. The number of likely N-dealkylation sites (tertiary alicyclic amines) is 2. The third kappa shape index (κ3) is 3.99. The van der Waals surface area contributed by atoms with E-state index in [1.165, 1.54) is 25.0 Å². The van der Waals surface area contributed by atoms with Crippen molar-refractivity contribution in [2.45, 2.75) is 37.6 Å². The van der Waals surface area contributed by atoms with Gasteiger partial charge in [0.1, 0.15) is 5.82 Å². The molecule has 1 aromatic carbocycles. The Morgan fingerprint density at radius 2 is 2.00 bits per heavy atom. The van der Waals surface area contributed by atoms with E-state index in [1.54, 1.807) is 13.2 Å². The van der Waals surface area contributed by atoms with Crippen LogP contribution in [0.1, 0.15) is 42.5 Å². The minimum absolute atomic E-state index is 0.0473. The van der Waals surface area contributed by atoms with Gasteiger partial charge in [0, 0.05) is 37.8 Å². The molecule has 0 N–H and O–H groups in total. The summed E-state index contributed by atoms with van der Waals surface area (Å²) in [5, 5.41) is 0.0473. The Hall–Kier alpha value is -1.17. The van der Waals surface area contributed by atoms with Crippen molar-refractivity contribution in [1.82, 2.24) is 9.80 Å². The second kappa shape index (κ2) is 8.02. The second-order valence-corrected chi connectivity index (χ2v) is 7.49. The Balaban J connectivity index is 1.68. The fraction of sp³-hybridized carbons (Fsp3) is 0.632. The van der Waals surface area contributed by atoms with E-state index in [0.29, 0.717) is 12.1 Å². The summed E-state index contributed by atoms with van der Waals surface area (Å²) < 4.78 is 18.9. The van der Waals surface area contributed by atoms with Crippen LogP contribution in [0.5, 0.6) is 0 Å². The lowest BCUT2D eigenvalue weighted by Crippen LogP contribution is -2.46. The molecule has 2 heterocycles. The van der Waals surface area contributed by atoms with Crippen LogP contribution in [0.15, 0.2) is 18.2 Å². The molecule has 0 saturated carbocycles. The minimum atomic E-state index is -0.541.